The number of hydrogen-bond donors (Lipinski definition) is 1. The number of carbonyl (C=O) groups is 1. The third-order valence-corrected chi connectivity index (χ3v) is 5.73. The van der Waals surface area contributed by atoms with Crippen LogP contribution in [0.5, 0.6) is 0 Å². The number of unbranched alkanes of at least 4 members (excludes halogenated alkanes) is 5. The lowest BCUT2D eigenvalue weighted by Gasteiger charge is -2.31. The number of ether oxygens (including phenoxy) is 1. The molecule has 0 aliphatic rings. The molecule has 0 unspecified atom stereocenters. The van der Waals surface area contributed by atoms with E-state index in [1.165, 1.54) is 38.5 Å². The van der Waals surface area contributed by atoms with Gasteiger partial charge in [-0.15, -0.1) is 0 Å². The summed E-state index contributed by atoms with van der Waals surface area (Å²) in [5, 5.41) is 11.4. The molecule has 0 aliphatic heterocycles. The molecule has 164 valence electrons. The predicted molar refractivity (Wildman–Crippen MR) is 122 cm³/mol. The summed E-state index contributed by atoms with van der Waals surface area (Å²) in [4.78, 5) is 13.0. The summed E-state index contributed by atoms with van der Waals surface area (Å²) in [6, 6.07) is 18.0. The van der Waals surface area contributed by atoms with Crippen molar-refractivity contribution in [3.8, 4) is 0 Å². The predicted octanol–water partition coefficient (Wildman–Crippen LogP) is 4.90. The van der Waals surface area contributed by atoms with Gasteiger partial charge in [0.15, 0.2) is 0 Å². The zero-order chi connectivity index (χ0) is 21.9. The van der Waals surface area contributed by atoms with Gasteiger partial charge in [0.25, 0.3) is 0 Å². The molecule has 0 spiro atoms. The van der Waals surface area contributed by atoms with Crippen molar-refractivity contribution in [2.45, 2.75) is 51.0 Å². The third kappa shape index (κ3) is 6.96. The number of esters is 1. The van der Waals surface area contributed by atoms with Crippen LogP contribution < -0.4 is 0 Å². The van der Waals surface area contributed by atoms with Gasteiger partial charge in [-0.05, 0) is 24.0 Å². The molecule has 0 bridgehead atoms. The smallest absolute Gasteiger partial charge is 0.347 e. The van der Waals surface area contributed by atoms with E-state index in [1.807, 2.05) is 36.4 Å². The van der Waals surface area contributed by atoms with Crippen molar-refractivity contribution in [2.24, 2.45) is 0 Å². The number of likely N-dealkylation sites (N-methyl/N-ethyl adjacent to an activating group) is 1. The Morgan fingerprint density at radius 2 is 1.33 bits per heavy atom. The lowest BCUT2D eigenvalue weighted by molar-refractivity contribution is -0.890. The molecule has 0 heterocycles. The van der Waals surface area contributed by atoms with Crippen molar-refractivity contribution in [1.29, 1.82) is 0 Å². The Morgan fingerprint density at radius 3 is 1.87 bits per heavy atom. The van der Waals surface area contributed by atoms with E-state index >= 15 is 0 Å². The molecule has 0 radical (unpaired) electrons. The molecule has 4 nitrogen and oxygen atoms in total. The van der Waals surface area contributed by atoms with Gasteiger partial charge in [-0.25, -0.2) is 4.79 Å². The normalized spacial score (nSPS) is 12.0. The molecular formula is C26H38NO3+. The highest BCUT2D eigenvalue weighted by Crippen LogP contribution is 2.31. The van der Waals surface area contributed by atoms with Crippen molar-refractivity contribution in [3.63, 3.8) is 0 Å². The van der Waals surface area contributed by atoms with E-state index in [2.05, 4.69) is 21.0 Å². The standard InChI is InChI=1S/C26H38NO3/c1-4-5-6-7-8-15-20-27(2,3)21-22-30-25(28)26(29,23-16-11-9-12-17-23)24-18-13-10-14-19-24/h9-14,16-19,29H,4-8,15,20-22H2,1-3H3/q+1. The van der Waals surface area contributed by atoms with E-state index in [0.29, 0.717) is 11.1 Å². The molecule has 0 atom stereocenters. The number of quaternary nitrogens is 1. The first-order chi connectivity index (χ1) is 14.4. The van der Waals surface area contributed by atoms with E-state index in [0.717, 1.165) is 17.6 Å². The molecule has 2 aromatic rings. The fourth-order valence-corrected chi connectivity index (χ4v) is 3.68. The summed E-state index contributed by atoms with van der Waals surface area (Å²) in [6.07, 6.45) is 7.64. The van der Waals surface area contributed by atoms with Crippen LogP contribution in [0.15, 0.2) is 60.7 Å². The van der Waals surface area contributed by atoms with Crippen LogP contribution in [-0.2, 0) is 15.1 Å². The maximum atomic E-state index is 13.0. The first-order valence-electron chi connectivity index (χ1n) is 11.2. The van der Waals surface area contributed by atoms with Gasteiger partial charge in [-0.1, -0.05) is 93.3 Å². The van der Waals surface area contributed by atoms with Crippen LogP contribution in [0.3, 0.4) is 0 Å². The molecule has 0 amide bonds. The molecule has 4 heteroatoms. The Morgan fingerprint density at radius 1 is 0.833 bits per heavy atom. The van der Waals surface area contributed by atoms with Gasteiger partial charge in [0.2, 0.25) is 5.60 Å². The Kier molecular flexibility index (Phi) is 9.54. The van der Waals surface area contributed by atoms with Crippen molar-refractivity contribution in [2.75, 3.05) is 33.8 Å². The van der Waals surface area contributed by atoms with E-state index in [4.69, 9.17) is 4.74 Å². The number of benzene rings is 2. The van der Waals surface area contributed by atoms with Gasteiger partial charge in [0.05, 0.1) is 20.6 Å². The van der Waals surface area contributed by atoms with Gasteiger partial charge >= 0.3 is 5.97 Å². The topological polar surface area (TPSA) is 46.5 Å². The monoisotopic (exact) mass is 412 g/mol. The van der Waals surface area contributed by atoms with Crippen LogP contribution in [0.4, 0.5) is 0 Å². The number of nitrogens with zero attached hydrogens (tertiary/aromatic N) is 1. The minimum Gasteiger partial charge on any atom is -0.457 e. The highest BCUT2D eigenvalue weighted by molar-refractivity contribution is 5.85. The van der Waals surface area contributed by atoms with Crippen LogP contribution >= 0.6 is 0 Å². The summed E-state index contributed by atoms with van der Waals surface area (Å²) in [6.45, 7) is 4.30. The average Bonchev–Trinajstić information content (AvgIpc) is 2.76. The zero-order valence-corrected chi connectivity index (χ0v) is 18.8. The van der Waals surface area contributed by atoms with Crippen LogP contribution in [0.2, 0.25) is 0 Å². The fourth-order valence-electron chi connectivity index (χ4n) is 3.68. The van der Waals surface area contributed by atoms with Crippen LogP contribution in [0, 0.1) is 0 Å². The minimum atomic E-state index is -1.81. The minimum absolute atomic E-state index is 0.281. The van der Waals surface area contributed by atoms with Gasteiger partial charge in [-0.2, -0.15) is 0 Å². The summed E-state index contributed by atoms with van der Waals surface area (Å²) in [5.41, 5.74) is -0.775. The maximum absolute atomic E-state index is 13.0. The quantitative estimate of drug-likeness (QED) is 0.289. The Bertz CT molecular complexity index is 704. The second kappa shape index (κ2) is 11.9. The molecule has 2 rings (SSSR count). The summed E-state index contributed by atoms with van der Waals surface area (Å²) >= 11 is 0. The second-order valence-electron chi connectivity index (χ2n) is 8.73. The summed E-state index contributed by atoms with van der Waals surface area (Å²) < 4.78 is 6.41. The molecule has 1 N–H and O–H groups in total. The molecular weight excluding hydrogens is 374 g/mol. The molecule has 2 aromatic carbocycles. The number of hydrogen-bond acceptors (Lipinski definition) is 3. The van der Waals surface area contributed by atoms with Gasteiger partial charge in [-0.3, -0.25) is 0 Å². The van der Waals surface area contributed by atoms with Gasteiger partial charge in [0.1, 0.15) is 13.2 Å². The first kappa shape index (κ1) is 24.1. The van der Waals surface area contributed by atoms with Gasteiger partial charge < -0.3 is 14.3 Å². The molecule has 30 heavy (non-hydrogen) atoms. The van der Waals surface area contributed by atoms with Crippen molar-refractivity contribution in [1.82, 2.24) is 0 Å². The maximum Gasteiger partial charge on any atom is 0.347 e. The van der Waals surface area contributed by atoms with Gasteiger partial charge in [0, 0.05) is 0 Å². The number of rotatable bonds is 13. The highest BCUT2D eigenvalue weighted by Gasteiger charge is 2.41. The molecule has 0 aromatic heterocycles. The zero-order valence-electron chi connectivity index (χ0n) is 18.8. The summed E-state index contributed by atoms with van der Waals surface area (Å²) in [5.74, 6) is -0.625. The Balaban J connectivity index is 1.94. The first-order valence-corrected chi connectivity index (χ1v) is 11.2. The second-order valence-corrected chi connectivity index (χ2v) is 8.73. The van der Waals surface area contributed by atoms with Crippen molar-refractivity contribution >= 4 is 5.97 Å². The average molecular weight is 413 g/mol. The number of carbonyl (C=O) groups excluding carboxylic acids is 1. The van der Waals surface area contributed by atoms with Crippen molar-refractivity contribution < 1.29 is 19.1 Å². The molecule has 0 aliphatic carbocycles. The third-order valence-electron chi connectivity index (χ3n) is 5.73. The van der Waals surface area contributed by atoms with Crippen LogP contribution in [-0.4, -0.2) is 49.4 Å². The van der Waals surface area contributed by atoms with Crippen molar-refractivity contribution in [3.05, 3.63) is 71.8 Å². The van der Waals surface area contributed by atoms with E-state index in [9.17, 15) is 9.90 Å². The Labute approximate surface area is 182 Å². The van der Waals surface area contributed by atoms with Crippen LogP contribution in [0.25, 0.3) is 0 Å². The SMILES string of the molecule is CCCCCCCC[N+](C)(C)CCOC(=O)C(O)(c1ccccc1)c1ccccc1. The van der Waals surface area contributed by atoms with E-state index in [1.54, 1.807) is 24.3 Å². The number of aliphatic hydroxyl groups is 1. The fraction of sp³-hybridized carbons (Fsp3) is 0.500. The summed E-state index contributed by atoms with van der Waals surface area (Å²) in [7, 11) is 4.33. The van der Waals surface area contributed by atoms with E-state index < -0.39 is 11.6 Å². The molecule has 0 saturated heterocycles. The Hall–Kier alpha value is -2.17. The van der Waals surface area contributed by atoms with E-state index in [-0.39, 0.29) is 6.61 Å². The van der Waals surface area contributed by atoms with Crippen LogP contribution in [0.1, 0.15) is 56.6 Å². The highest BCUT2D eigenvalue weighted by atomic mass is 16.5. The lowest BCUT2D eigenvalue weighted by atomic mass is 9.86. The molecule has 0 saturated carbocycles. The lowest BCUT2D eigenvalue weighted by Crippen LogP contribution is -2.45. The largest absolute Gasteiger partial charge is 0.457 e. The molecule has 0 fully saturated rings.